The summed E-state index contributed by atoms with van der Waals surface area (Å²) in [6.07, 6.45) is 0.701. The van der Waals surface area contributed by atoms with Crippen molar-refractivity contribution in [1.29, 1.82) is 0 Å². The van der Waals surface area contributed by atoms with E-state index in [4.69, 9.17) is 0 Å². The van der Waals surface area contributed by atoms with E-state index in [-0.39, 0.29) is 5.92 Å². The van der Waals surface area contributed by atoms with Crippen molar-refractivity contribution in [3.05, 3.63) is 41.8 Å². The molecular formula is C14H16F3. The predicted octanol–water partition coefficient (Wildman–Crippen LogP) is 4.94. The number of benzene rings is 1. The summed E-state index contributed by atoms with van der Waals surface area (Å²) >= 11 is 0. The fourth-order valence-corrected chi connectivity index (χ4v) is 2.62. The van der Waals surface area contributed by atoms with Gasteiger partial charge >= 0.3 is 6.18 Å². The lowest BCUT2D eigenvalue weighted by Crippen LogP contribution is -2.14. The highest BCUT2D eigenvalue weighted by Crippen LogP contribution is 2.40. The van der Waals surface area contributed by atoms with Gasteiger partial charge in [0.15, 0.2) is 0 Å². The van der Waals surface area contributed by atoms with Crippen LogP contribution in [0.1, 0.15) is 54.7 Å². The molecule has 1 aliphatic rings. The molecule has 1 aromatic carbocycles. The molecular weight excluding hydrogens is 225 g/mol. The molecule has 0 unspecified atom stereocenters. The molecule has 1 saturated carbocycles. The second-order valence-electron chi connectivity index (χ2n) is 4.75. The van der Waals surface area contributed by atoms with Gasteiger partial charge in [-0.1, -0.05) is 31.4 Å². The van der Waals surface area contributed by atoms with Crippen molar-refractivity contribution < 1.29 is 13.2 Å². The van der Waals surface area contributed by atoms with Gasteiger partial charge in [-0.2, -0.15) is 13.2 Å². The molecule has 17 heavy (non-hydrogen) atoms. The van der Waals surface area contributed by atoms with E-state index in [0.29, 0.717) is 11.1 Å². The standard InChI is InChI=1S/C14H16F3/c1-10-7-8-12(11-5-3-2-4-6-11)13(9-10)14(15,16)17/h7-9,11H,1-6H2. The molecule has 1 radical (unpaired) electrons. The fraction of sp³-hybridized carbons (Fsp3) is 0.500. The lowest BCUT2D eigenvalue weighted by molar-refractivity contribution is -0.138. The molecule has 0 atom stereocenters. The Morgan fingerprint density at radius 2 is 1.71 bits per heavy atom. The van der Waals surface area contributed by atoms with Crippen LogP contribution in [0.4, 0.5) is 13.2 Å². The number of hydrogen-bond donors (Lipinski definition) is 0. The van der Waals surface area contributed by atoms with Gasteiger partial charge in [0.05, 0.1) is 5.56 Å². The normalized spacial score (nSPS) is 18.4. The first-order valence-corrected chi connectivity index (χ1v) is 6.01. The van der Waals surface area contributed by atoms with Gasteiger partial charge in [-0.05, 0) is 42.9 Å². The van der Waals surface area contributed by atoms with E-state index in [1.165, 1.54) is 6.07 Å². The zero-order valence-corrected chi connectivity index (χ0v) is 9.69. The van der Waals surface area contributed by atoms with Crippen LogP contribution in [-0.4, -0.2) is 0 Å². The molecule has 1 aliphatic carbocycles. The van der Waals surface area contributed by atoms with Crippen LogP contribution in [0.3, 0.4) is 0 Å². The Labute approximate surface area is 99.8 Å². The number of hydrogen-bond acceptors (Lipinski definition) is 0. The van der Waals surface area contributed by atoms with Crippen molar-refractivity contribution in [3.63, 3.8) is 0 Å². The minimum atomic E-state index is -4.26. The van der Waals surface area contributed by atoms with E-state index < -0.39 is 11.7 Å². The van der Waals surface area contributed by atoms with Gasteiger partial charge in [0.1, 0.15) is 0 Å². The van der Waals surface area contributed by atoms with E-state index in [0.717, 1.165) is 32.1 Å². The molecule has 0 saturated heterocycles. The molecule has 3 heteroatoms. The average Bonchev–Trinajstić information content (AvgIpc) is 2.29. The summed E-state index contributed by atoms with van der Waals surface area (Å²) in [7, 11) is 0. The first-order valence-electron chi connectivity index (χ1n) is 6.01. The van der Waals surface area contributed by atoms with Gasteiger partial charge in [0.2, 0.25) is 0 Å². The number of rotatable bonds is 1. The van der Waals surface area contributed by atoms with Crippen LogP contribution in [0.5, 0.6) is 0 Å². The Kier molecular flexibility index (Phi) is 3.45. The molecule has 1 fully saturated rings. The van der Waals surface area contributed by atoms with Crippen molar-refractivity contribution in [2.45, 2.75) is 44.2 Å². The van der Waals surface area contributed by atoms with Crippen molar-refractivity contribution in [2.24, 2.45) is 0 Å². The van der Waals surface area contributed by atoms with Gasteiger partial charge in [0.25, 0.3) is 0 Å². The predicted molar refractivity (Wildman–Crippen MR) is 61.7 cm³/mol. The van der Waals surface area contributed by atoms with Crippen molar-refractivity contribution >= 4 is 0 Å². The van der Waals surface area contributed by atoms with E-state index >= 15 is 0 Å². The van der Waals surface area contributed by atoms with Crippen molar-refractivity contribution in [3.8, 4) is 0 Å². The molecule has 0 N–H and O–H groups in total. The number of halogens is 3. The molecule has 0 nitrogen and oxygen atoms in total. The minimum Gasteiger partial charge on any atom is -0.166 e. The van der Waals surface area contributed by atoms with E-state index in [1.54, 1.807) is 12.1 Å². The molecule has 0 bridgehead atoms. The molecule has 93 valence electrons. The van der Waals surface area contributed by atoms with E-state index in [2.05, 4.69) is 6.92 Å². The summed E-state index contributed by atoms with van der Waals surface area (Å²) in [5.74, 6) is 0.0703. The minimum absolute atomic E-state index is 0.0703. The van der Waals surface area contributed by atoms with Gasteiger partial charge in [0, 0.05) is 0 Å². The Balaban J connectivity index is 2.38. The molecule has 0 heterocycles. The van der Waals surface area contributed by atoms with Crippen LogP contribution in [0.2, 0.25) is 0 Å². The topological polar surface area (TPSA) is 0 Å². The highest BCUT2D eigenvalue weighted by Gasteiger charge is 2.35. The lowest BCUT2D eigenvalue weighted by atomic mass is 9.81. The smallest absolute Gasteiger partial charge is 0.166 e. The highest BCUT2D eigenvalue weighted by molar-refractivity contribution is 5.37. The van der Waals surface area contributed by atoms with Gasteiger partial charge in [-0.25, -0.2) is 0 Å². The molecule has 1 aromatic rings. The van der Waals surface area contributed by atoms with Gasteiger partial charge < -0.3 is 0 Å². The maximum absolute atomic E-state index is 13.0. The molecule has 0 aromatic heterocycles. The van der Waals surface area contributed by atoms with Crippen molar-refractivity contribution in [2.75, 3.05) is 0 Å². The van der Waals surface area contributed by atoms with Gasteiger partial charge in [-0.3, -0.25) is 0 Å². The Morgan fingerprint density at radius 1 is 1.06 bits per heavy atom. The van der Waals surface area contributed by atoms with Crippen LogP contribution >= 0.6 is 0 Å². The molecule has 0 spiro atoms. The second kappa shape index (κ2) is 4.71. The largest absolute Gasteiger partial charge is 0.416 e. The van der Waals surface area contributed by atoms with Crippen molar-refractivity contribution in [1.82, 2.24) is 0 Å². The van der Waals surface area contributed by atoms with Crippen LogP contribution < -0.4 is 0 Å². The zero-order valence-electron chi connectivity index (χ0n) is 9.69. The SMILES string of the molecule is [CH2]c1ccc(C2CCCCC2)c(C(F)(F)F)c1. The van der Waals surface area contributed by atoms with Crippen LogP contribution in [0.15, 0.2) is 18.2 Å². The van der Waals surface area contributed by atoms with Crippen LogP contribution in [0.25, 0.3) is 0 Å². The summed E-state index contributed by atoms with van der Waals surface area (Å²) in [6, 6.07) is 4.46. The summed E-state index contributed by atoms with van der Waals surface area (Å²) in [5, 5.41) is 0. The Bertz CT molecular complexity index is 387. The van der Waals surface area contributed by atoms with Crippen LogP contribution in [-0.2, 0) is 6.18 Å². The number of alkyl halides is 3. The fourth-order valence-electron chi connectivity index (χ4n) is 2.62. The Hall–Kier alpha value is -0.990. The van der Waals surface area contributed by atoms with Gasteiger partial charge in [-0.15, -0.1) is 0 Å². The monoisotopic (exact) mass is 241 g/mol. The summed E-state index contributed by atoms with van der Waals surface area (Å²) in [4.78, 5) is 0. The highest BCUT2D eigenvalue weighted by atomic mass is 19.4. The maximum Gasteiger partial charge on any atom is 0.416 e. The van der Waals surface area contributed by atoms with E-state index in [9.17, 15) is 13.2 Å². The maximum atomic E-state index is 13.0. The first kappa shape index (κ1) is 12.5. The summed E-state index contributed by atoms with van der Waals surface area (Å²) in [5.41, 5.74) is 0.401. The third-order valence-electron chi connectivity index (χ3n) is 3.47. The first-order chi connectivity index (χ1) is 7.98. The lowest BCUT2D eigenvalue weighted by Gasteiger charge is -2.25. The molecule has 0 amide bonds. The second-order valence-corrected chi connectivity index (χ2v) is 4.75. The average molecular weight is 241 g/mol. The zero-order chi connectivity index (χ0) is 12.5. The summed E-state index contributed by atoms with van der Waals surface area (Å²) < 4.78 is 38.9. The Morgan fingerprint density at radius 3 is 2.29 bits per heavy atom. The molecule has 0 aliphatic heterocycles. The molecule has 2 rings (SSSR count). The third kappa shape index (κ3) is 2.82. The van der Waals surface area contributed by atoms with E-state index in [1.807, 2.05) is 0 Å². The summed E-state index contributed by atoms with van der Waals surface area (Å²) in [6.45, 7) is 3.58. The van der Waals surface area contributed by atoms with Crippen LogP contribution in [0, 0.1) is 6.92 Å². The third-order valence-corrected chi connectivity index (χ3v) is 3.47. The quantitative estimate of drug-likeness (QED) is 0.653.